The van der Waals surface area contributed by atoms with Crippen molar-refractivity contribution < 1.29 is 14.6 Å². The highest BCUT2D eigenvalue weighted by atomic mass is 79.9. The Morgan fingerprint density at radius 2 is 2.00 bits per heavy atom. The summed E-state index contributed by atoms with van der Waals surface area (Å²) in [5.41, 5.74) is 1.37. The summed E-state index contributed by atoms with van der Waals surface area (Å²) in [5.74, 6) is 0.631. The normalized spacial score (nSPS) is 10.2. The van der Waals surface area contributed by atoms with Gasteiger partial charge in [0, 0.05) is 24.7 Å². The number of benzene rings is 2. The van der Waals surface area contributed by atoms with E-state index in [1.807, 2.05) is 24.3 Å². The largest absolute Gasteiger partial charge is 0.507 e. The van der Waals surface area contributed by atoms with Crippen molar-refractivity contribution in [2.75, 3.05) is 14.2 Å². The maximum absolute atomic E-state index is 12.4. The number of phenols is 1. The zero-order chi connectivity index (χ0) is 15.4. The first kappa shape index (κ1) is 15.4. The highest BCUT2D eigenvalue weighted by Crippen LogP contribution is 2.25. The summed E-state index contributed by atoms with van der Waals surface area (Å²) in [7, 11) is 3.32. The van der Waals surface area contributed by atoms with Gasteiger partial charge in [-0.3, -0.25) is 4.79 Å². The Kier molecular flexibility index (Phi) is 4.85. The Bertz CT molecular complexity index is 658. The average Bonchev–Trinajstić information content (AvgIpc) is 2.49. The first-order valence-corrected chi connectivity index (χ1v) is 7.18. The lowest BCUT2D eigenvalue weighted by Gasteiger charge is -2.19. The Balaban J connectivity index is 2.17. The minimum atomic E-state index is -0.163. The Hall–Kier alpha value is -2.01. The molecule has 0 bridgehead atoms. The number of aromatic hydroxyl groups is 1. The van der Waals surface area contributed by atoms with Gasteiger partial charge in [0.2, 0.25) is 0 Å². The quantitative estimate of drug-likeness (QED) is 0.919. The number of hydrogen-bond donors (Lipinski definition) is 1. The van der Waals surface area contributed by atoms with Gasteiger partial charge in [0.1, 0.15) is 11.5 Å². The van der Waals surface area contributed by atoms with E-state index in [4.69, 9.17) is 4.74 Å². The van der Waals surface area contributed by atoms with Gasteiger partial charge in [-0.05, 0) is 40.2 Å². The molecule has 0 radical (unpaired) electrons. The van der Waals surface area contributed by atoms with Crippen LogP contribution in [-0.2, 0) is 6.54 Å². The number of nitrogens with zero attached hydrogens (tertiary/aromatic N) is 1. The Morgan fingerprint density at radius 3 is 2.67 bits per heavy atom. The molecular formula is C16H16BrNO3. The second kappa shape index (κ2) is 6.63. The summed E-state index contributed by atoms with van der Waals surface area (Å²) in [6.45, 7) is 0.430. The van der Waals surface area contributed by atoms with E-state index in [1.54, 1.807) is 31.2 Å². The fourth-order valence-corrected chi connectivity index (χ4v) is 2.27. The summed E-state index contributed by atoms with van der Waals surface area (Å²) in [4.78, 5) is 14.0. The van der Waals surface area contributed by atoms with E-state index in [1.165, 1.54) is 6.07 Å². The zero-order valence-corrected chi connectivity index (χ0v) is 13.4. The molecule has 4 nitrogen and oxygen atoms in total. The average molecular weight is 350 g/mol. The van der Waals surface area contributed by atoms with Crippen molar-refractivity contribution in [1.29, 1.82) is 0 Å². The number of para-hydroxylation sites is 1. The van der Waals surface area contributed by atoms with Gasteiger partial charge >= 0.3 is 0 Å². The van der Waals surface area contributed by atoms with Gasteiger partial charge in [-0.2, -0.15) is 0 Å². The van der Waals surface area contributed by atoms with Crippen molar-refractivity contribution in [3.8, 4) is 11.5 Å². The van der Waals surface area contributed by atoms with E-state index in [2.05, 4.69) is 15.9 Å². The van der Waals surface area contributed by atoms with E-state index in [0.29, 0.717) is 16.6 Å². The van der Waals surface area contributed by atoms with Crippen LogP contribution in [0.3, 0.4) is 0 Å². The molecule has 5 heteroatoms. The van der Waals surface area contributed by atoms with Gasteiger partial charge in [0.05, 0.1) is 11.6 Å². The number of ether oxygens (including phenoxy) is 1. The molecule has 0 saturated heterocycles. The third-order valence-corrected chi connectivity index (χ3v) is 3.81. The minimum Gasteiger partial charge on any atom is -0.507 e. The molecule has 0 unspecified atom stereocenters. The molecule has 110 valence electrons. The first-order valence-electron chi connectivity index (χ1n) is 6.39. The van der Waals surface area contributed by atoms with Gasteiger partial charge in [-0.15, -0.1) is 0 Å². The highest BCUT2D eigenvalue weighted by Gasteiger charge is 2.15. The van der Waals surface area contributed by atoms with Crippen molar-refractivity contribution in [3.05, 3.63) is 58.1 Å². The summed E-state index contributed by atoms with van der Waals surface area (Å²) in [6.07, 6.45) is 0. The van der Waals surface area contributed by atoms with Crippen molar-refractivity contribution >= 4 is 21.8 Å². The van der Waals surface area contributed by atoms with Crippen LogP contribution in [0.2, 0.25) is 0 Å². The monoisotopic (exact) mass is 349 g/mol. The number of halogens is 1. The Morgan fingerprint density at radius 1 is 1.29 bits per heavy atom. The van der Waals surface area contributed by atoms with E-state index in [9.17, 15) is 9.90 Å². The van der Waals surface area contributed by atoms with E-state index in [-0.39, 0.29) is 11.7 Å². The summed E-state index contributed by atoms with van der Waals surface area (Å²) >= 11 is 3.20. The van der Waals surface area contributed by atoms with E-state index in [0.717, 1.165) is 11.3 Å². The fraction of sp³-hybridized carbons (Fsp3) is 0.188. The van der Waals surface area contributed by atoms with Crippen LogP contribution < -0.4 is 4.74 Å². The van der Waals surface area contributed by atoms with Crippen molar-refractivity contribution in [2.45, 2.75) is 6.54 Å². The molecule has 0 fully saturated rings. The number of rotatable bonds is 4. The van der Waals surface area contributed by atoms with Gasteiger partial charge in [0.25, 0.3) is 5.91 Å². The first-order chi connectivity index (χ1) is 10.0. The smallest absolute Gasteiger partial charge is 0.254 e. The second-order valence-corrected chi connectivity index (χ2v) is 5.49. The number of amides is 1. The molecule has 0 aliphatic rings. The van der Waals surface area contributed by atoms with Crippen LogP contribution in [0.1, 0.15) is 15.9 Å². The molecule has 0 aliphatic heterocycles. The molecular weight excluding hydrogens is 334 g/mol. The maximum atomic E-state index is 12.4. The molecule has 0 atom stereocenters. The predicted octanol–water partition coefficient (Wildman–Crippen LogP) is 3.44. The van der Waals surface area contributed by atoms with Crippen LogP contribution in [0.25, 0.3) is 0 Å². The van der Waals surface area contributed by atoms with Crippen LogP contribution in [0.5, 0.6) is 11.5 Å². The molecule has 2 rings (SSSR count). The SMILES string of the molecule is COc1ccccc1CN(C)C(=O)c1ccc(Br)c(O)c1. The van der Waals surface area contributed by atoms with Gasteiger partial charge < -0.3 is 14.7 Å². The van der Waals surface area contributed by atoms with E-state index < -0.39 is 0 Å². The third-order valence-electron chi connectivity index (χ3n) is 3.14. The number of hydrogen-bond acceptors (Lipinski definition) is 3. The molecule has 1 amide bonds. The van der Waals surface area contributed by atoms with Crippen LogP contribution >= 0.6 is 15.9 Å². The minimum absolute atomic E-state index is 0.0477. The van der Waals surface area contributed by atoms with Crippen LogP contribution in [-0.4, -0.2) is 30.1 Å². The molecule has 0 saturated carbocycles. The Labute approximate surface area is 132 Å². The molecule has 21 heavy (non-hydrogen) atoms. The fourth-order valence-electron chi connectivity index (χ4n) is 2.03. The second-order valence-electron chi connectivity index (χ2n) is 4.64. The highest BCUT2D eigenvalue weighted by molar-refractivity contribution is 9.10. The maximum Gasteiger partial charge on any atom is 0.254 e. The summed E-state index contributed by atoms with van der Waals surface area (Å²) in [6, 6.07) is 12.3. The summed E-state index contributed by atoms with van der Waals surface area (Å²) < 4.78 is 5.84. The van der Waals surface area contributed by atoms with Crippen LogP contribution in [0, 0.1) is 0 Å². The van der Waals surface area contributed by atoms with Gasteiger partial charge in [-0.1, -0.05) is 18.2 Å². The van der Waals surface area contributed by atoms with Crippen molar-refractivity contribution in [1.82, 2.24) is 4.90 Å². The molecule has 0 aliphatic carbocycles. The number of methoxy groups -OCH3 is 1. The number of carbonyl (C=O) groups excluding carboxylic acids is 1. The standard InChI is InChI=1S/C16H16BrNO3/c1-18(10-12-5-3-4-6-15(12)21-2)16(20)11-7-8-13(17)14(19)9-11/h3-9,19H,10H2,1-2H3. The van der Waals surface area contributed by atoms with Gasteiger partial charge in [0.15, 0.2) is 0 Å². The third kappa shape index (κ3) is 3.55. The predicted molar refractivity (Wildman–Crippen MR) is 84.6 cm³/mol. The number of phenolic OH excluding ortho intramolecular Hbond substituents is 1. The van der Waals surface area contributed by atoms with Crippen LogP contribution in [0.15, 0.2) is 46.9 Å². The van der Waals surface area contributed by atoms with Crippen LogP contribution in [0.4, 0.5) is 0 Å². The lowest BCUT2D eigenvalue weighted by Crippen LogP contribution is -2.26. The molecule has 0 aromatic heterocycles. The number of carbonyl (C=O) groups is 1. The molecule has 0 heterocycles. The molecule has 1 N–H and O–H groups in total. The van der Waals surface area contributed by atoms with E-state index >= 15 is 0 Å². The zero-order valence-electron chi connectivity index (χ0n) is 11.8. The topological polar surface area (TPSA) is 49.8 Å². The molecule has 0 spiro atoms. The summed E-state index contributed by atoms with van der Waals surface area (Å²) in [5, 5.41) is 9.67. The van der Waals surface area contributed by atoms with Crippen molar-refractivity contribution in [2.24, 2.45) is 0 Å². The van der Waals surface area contributed by atoms with Gasteiger partial charge in [-0.25, -0.2) is 0 Å². The lowest BCUT2D eigenvalue weighted by molar-refractivity contribution is 0.0784. The van der Waals surface area contributed by atoms with Crippen molar-refractivity contribution in [3.63, 3.8) is 0 Å². The molecule has 2 aromatic rings. The lowest BCUT2D eigenvalue weighted by atomic mass is 10.1. The molecule has 2 aromatic carbocycles.